The van der Waals surface area contributed by atoms with E-state index in [2.05, 4.69) is 0 Å². The lowest BCUT2D eigenvalue weighted by Gasteiger charge is -2.22. The maximum absolute atomic E-state index is 13.8. The van der Waals surface area contributed by atoms with Crippen molar-refractivity contribution in [2.24, 2.45) is 0 Å². The summed E-state index contributed by atoms with van der Waals surface area (Å²) in [6, 6.07) is 19.3. The van der Waals surface area contributed by atoms with E-state index in [9.17, 15) is 9.59 Å². The van der Waals surface area contributed by atoms with Crippen LogP contribution in [0.5, 0.6) is 0 Å². The van der Waals surface area contributed by atoms with Crippen molar-refractivity contribution >= 4 is 33.1 Å². The molecular weight excluding hydrogens is 418 g/mol. The monoisotopic (exact) mass is 443 g/mol. The molecule has 0 unspecified atom stereocenters. The van der Waals surface area contributed by atoms with Gasteiger partial charge < -0.3 is 4.90 Å². The van der Waals surface area contributed by atoms with E-state index < -0.39 is 0 Å². The molecule has 2 aromatic heterocycles. The summed E-state index contributed by atoms with van der Waals surface area (Å²) in [5.74, 6) is 0.433. The number of aryl methyl sites for hydroxylation is 2. The maximum atomic E-state index is 13.8. The van der Waals surface area contributed by atoms with Gasteiger partial charge in [-0.25, -0.2) is 4.98 Å². The predicted molar refractivity (Wildman–Crippen MR) is 130 cm³/mol. The van der Waals surface area contributed by atoms with Crippen LogP contribution in [0.2, 0.25) is 0 Å². The molecule has 0 N–H and O–H groups in total. The summed E-state index contributed by atoms with van der Waals surface area (Å²) >= 11 is 1.64. The molecule has 5 rings (SSSR count). The number of fused-ring (bicyclic) bond motifs is 3. The minimum atomic E-state index is -0.122. The molecular formula is C26H25N3O2S. The van der Waals surface area contributed by atoms with Crippen molar-refractivity contribution in [3.8, 4) is 11.4 Å². The van der Waals surface area contributed by atoms with Crippen molar-refractivity contribution in [2.75, 3.05) is 11.4 Å². The molecule has 0 spiro atoms. The van der Waals surface area contributed by atoms with Gasteiger partial charge in [0.2, 0.25) is 5.91 Å². The molecule has 0 radical (unpaired) electrons. The Morgan fingerprint density at radius 2 is 1.72 bits per heavy atom. The van der Waals surface area contributed by atoms with Gasteiger partial charge in [0.05, 0.1) is 5.39 Å². The molecule has 0 saturated heterocycles. The second-order valence-corrected chi connectivity index (χ2v) is 9.14. The number of amides is 1. The molecule has 32 heavy (non-hydrogen) atoms. The Balaban J connectivity index is 1.66. The van der Waals surface area contributed by atoms with Crippen LogP contribution in [0.15, 0.2) is 65.5 Å². The minimum Gasteiger partial charge on any atom is -0.311 e. The molecule has 1 aliphatic rings. The van der Waals surface area contributed by atoms with Gasteiger partial charge in [0.1, 0.15) is 17.2 Å². The summed E-state index contributed by atoms with van der Waals surface area (Å²) < 4.78 is 1.58. The third-order valence-corrected chi connectivity index (χ3v) is 7.27. The molecule has 0 bridgehead atoms. The lowest BCUT2D eigenvalue weighted by atomic mass is 9.97. The van der Waals surface area contributed by atoms with Crippen LogP contribution in [0.25, 0.3) is 21.6 Å². The second kappa shape index (κ2) is 8.71. The molecule has 2 heterocycles. The zero-order chi connectivity index (χ0) is 22.1. The molecule has 6 heteroatoms. The van der Waals surface area contributed by atoms with Crippen molar-refractivity contribution in [3.05, 3.63) is 81.5 Å². The molecule has 0 fully saturated rings. The average molecular weight is 444 g/mol. The van der Waals surface area contributed by atoms with Gasteiger partial charge in [-0.2, -0.15) is 0 Å². The first-order chi connectivity index (χ1) is 15.7. The van der Waals surface area contributed by atoms with Crippen molar-refractivity contribution in [3.63, 3.8) is 0 Å². The number of hydrogen-bond donors (Lipinski definition) is 0. The predicted octanol–water partition coefficient (Wildman–Crippen LogP) is 5.06. The summed E-state index contributed by atoms with van der Waals surface area (Å²) in [5, 5.41) is 0.708. The summed E-state index contributed by atoms with van der Waals surface area (Å²) in [5.41, 5.74) is 2.71. The fourth-order valence-corrected chi connectivity index (χ4v) is 5.78. The van der Waals surface area contributed by atoms with E-state index in [1.54, 1.807) is 20.8 Å². The fourth-order valence-electron chi connectivity index (χ4n) is 4.52. The number of aromatic nitrogens is 2. The Morgan fingerprint density at radius 3 is 2.44 bits per heavy atom. The highest BCUT2D eigenvalue weighted by atomic mass is 32.1. The molecule has 0 atom stereocenters. The summed E-state index contributed by atoms with van der Waals surface area (Å²) in [7, 11) is 0. The second-order valence-electron chi connectivity index (χ2n) is 8.06. The summed E-state index contributed by atoms with van der Waals surface area (Å²) in [4.78, 5) is 35.9. The van der Waals surface area contributed by atoms with Gasteiger partial charge in [-0.3, -0.25) is 14.2 Å². The molecule has 0 aliphatic heterocycles. The van der Waals surface area contributed by atoms with Crippen LogP contribution in [0.4, 0.5) is 5.69 Å². The summed E-state index contributed by atoms with van der Waals surface area (Å²) in [6.45, 7) is 2.43. The van der Waals surface area contributed by atoms with Gasteiger partial charge in [-0.05, 0) is 50.3 Å². The van der Waals surface area contributed by atoms with Crippen LogP contribution in [0.1, 0.15) is 30.2 Å². The molecule has 162 valence electrons. The largest absolute Gasteiger partial charge is 0.311 e. The molecule has 1 aliphatic carbocycles. The Bertz CT molecular complexity index is 1330. The third-order valence-electron chi connectivity index (χ3n) is 6.09. The van der Waals surface area contributed by atoms with E-state index in [1.165, 1.54) is 4.88 Å². The van der Waals surface area contributed by atoms with E-state index >= 15 is 0 Å². The smallest absolute Gasteiger partial charge is 0.263 e. The van der Waals surface area contributed by atoms with Crippen LogP contribution < -0.4 is 10.5 Å². The van der Waals surface area contributed by atoms with Gasteiger partial charge in [0, 0.05) is 22.7 Å². The number of carbonyl (C=O) groups excluding carboxylic acids is 1. The number of nitrogens with zero attached hydrogens (tertiary/aromatic N) is 3. The average Bonchev–Trinajstić information content (AvgIpc) is 3.21. The number of carbonyl (C=O) groups is 1. The van der Waals surface area contributed by atoms with Gasteiger partial charge >= 0.3 is 0 Å². The van der Waals surface area contributed by atoms with Crippen LogP contribution >= 0.6 is 11.3 Å². The number of hydrogen-bond acceptors (Lipinski definition) is 4. The zero-order valence-electron chi connectivity index (χ0n) is 18.1. The first-order valence-electron chi connectivity index (χ1n) is 11.1. The van der Waals surface area contributed by atoms with Crippen molar-refractivity contribution in [2.45, 2.75) is 39.2 Å². The number of likely N-dealkylation sites (N-methyl/N-ethyl adjacent to an activating group) is 1. The zero-order valence-corrected chi connectivity index (χ0v) is 18.9. The van der Waals surface area contributed by atoms with Gasteiger partial charge in [-0.1, -0.05) is 48.5 Å². The summed E-state index contributed by atoms with van der Waals surface area (Å²) in [6.07, 6.45) is 4.17. The van der Waals surface area contributed by atoms with Crippen molar-refractivity contribution < 1.29 is 4.79 Å². The van der Waals surface area contributed by atoms with Crippen LogP contribution in [-0.2, 0) is 24.2 Å². The van der Waals surface area contributed by atoms with E-state index in [4.69, 9.17) is 4.98 Å². The Hall–Kier alpha value is -3.25. The van der Waals surface area contributed by atoms with Gasteiger partial charge in [-0.15, -0.1) is 11.3 Å². The van der Waals surface area contributed by atoms with E-state index in [1.807, 2.05) is 67.6 Å². The molecule has 4 aromatic rings. The number of benzene rings is 2. The number of rotatable bonds is 5. The lowest BCUT2D eigenvalue weighted by molar-refractivity contribution is -0.119. The first-order valence-corrected chi connectivity index (χ1v) is 11.9. The standard InChI is InChI=1S/C26H25N3O2S/c1-2-28(19-13-7-4-8-14-19)22(30)17-29-24(18-11-5-3-6-12-18)27-25-23(26(29)31)20-15-9-10-16-21(20)32-25/h3-8,11-14H,2,9-10,15-17H2,1H3. The molecule has 5 nitrogen and oxygen atoms in total. The molecule has 2 aromatic carbocycles. The third kappa shape index (κ3) is 3.65. The van der Waals surface area contributed by atoms with E-state index in [0.717, 1.165) is 47.3 Å². The maximum Gasteiger partial charge on any atom is 0.263 e. The van der Waals surface area contributed by atoms with E-state index in [0.29, 0.717) is 17.8 Å². The molecule has 0 saturated carbocycles. The topological polar surface area (TPSA) is 55.2 Å². The molecule has 1 amide bonds. The van der Waals surface area contributed by atoms with Gasteiger partial charge in [0.25, 0.3) is 5.56 Å². The van der Waals surface area contributed by atoms with Crippen LogP contribution in [-0.4, -0.2) is 22.0 Å². The highest BCUT2D eigenvalue weighted by molar-refractivity contribution is 7.18. The highest BCUT2D eigenvalue weighted by Crippen LogP contribution is 2.34. The Labute approximate surface area is 191 Å². The number of para-hydroxylation sites is 1. The quantitative estimate of drug-likeness (QED) is 0.433. The van der Waals surface area contributed by atoms with Crippen LogP contribution in [0, 0.1) is 0 Å². The van der Waals surface area contributed by atoms with Crippen molar-refractivity contribution in [1.82, 2.24) is 9.55 Å². The Kier molecular flexibility index (Phi) is 5.62. The lowest BCUT2D eigenvalue weighted by Crippen LogP contribution is -2.37. The van der Waals surface area contributed by atoms with Crippen LogP contribution in [0.3, 0.4) is 0 Å². The van der Waals surface area contributed by atoms with Crippen molar-refractivity contribution in [1.29, 1.82) is 0 Å². The highest BCUT2D eigenvalue weighted by Gasteiger charge is 2.24. The Morgan fingerprint density at radius 1 is 1.03 bits per heavy atom. The van der Waals surface area contributed by atoms with Gasteiger partial charge in [0.15, 0.2) is 0 Å². The fraction of sp³-hybridized carbons (Fsp3) is 0.269. The SMILES string of the molecule is CCN(C(=O)Cn1c(-c2ccccc2)nc2sc3c(c2c1=O)CCCC3)c1ccccc1. The first kappa shape index (κ1) is 20.6. The van der Waals surface area contributed by atoms with E-state index in [-0.39, 0.29) is 18.0 Å². The number of thiophene rings is 1. The number of anilines is 1. The minimum absolute atomic E-state index is 0.0423. The normalized spacial score (nSPS) is 13.2.